The summed E-state index contributed by atoms with van der Waals surface area (Å²) < 4.78 is 4.71. The Morgan fingerprint density at radius 3 is 2.82 bits per heavy atom. The van der Waals surface area contributed by atoms with Crippen LogP contribution in [0.25, 0.3) is 0 Å². The van der Waals surface area contributed by atoms with Crippen LogP contribution in [0.5, 0.6) is 0 Å². The highest BCUT2D eigenvalue weighted by atomic mass is 32.1. The number of nitrogens with zero attached hydrogens (tertiary/aromatic N) is 2. The standard InChI is InChI=1S/C16H19N3O2S/c1-19-9-12-10-6-4-3-5-7-13(10)22-15(12)18-14(19)11(8-17)16(20)21-2/h18H,3-7,9H2,1-2H3/b14-11-. The molecule has 116 valence electrons. The number of thiophene rings is 1. The van der Waals surface area contributed by atoms with Crippen LogP contribution in [0.3, 0.4) is 0 Å². The van der Waals surface area contributed by atoms with Gasteiger partial charge in [-0.1, -0.05) is 6.42 Å². The number of rotatable bonds is 1. The third kappa shape index (κ3) is 2.46. The molecule has 0 saturated carbocycles. The average molecular weight is 317 g/mol. The highest BCUT2D eigenvalue weighted by molar-refractivity contribution is 7.16. The summed E-state index contributed by atoms with van der Waals surface area (Å²) in [6, 6.07) is 1.96. The summed E-state index contributed by atoms with van der Waals surface area (Å²) in [5.74, 6) is -0.0586. The zero-order chi connectivity index (χ0) is 15.7. The van der Waals surface area contributed by atoms with Crippen molar-refractivity contribution in [2.75, 3.05) is 19.5 Å². The summed E-state index contributed by atoms with van der Waals surface area (Å²) >= 11 is 1.77. The van der Waals surface area contributed by atoms with Gasteiger partial charge in [0.25, 0.3) is 0 Å². The molecule has 22 heavy (non-hydrogen) atoms. The molecule has 5 nitrogen and oxygen atoms in total. The van der Waals surface area contributed by atoms with Crippen LogP contribution in [-0.2, 0) is 28.9 Å². The number of nitrogens with one attached hydrogen (secondary N) is 1. The van der Waals surface area contributed by atoms with Crippen molar-refractivity contribution < 1.29 is 9.53 Å². The fraction of sp³-hybridized carbons (Fsp3) is 0.500. The molecule has 3 rings (SSSR count). The zero-order valence-electron chi connectivity index (χ0n) is 12.9. The Kier molecular flexibility index (Phi) is 4.08. The summed E-state index contributed by atoms with van der Waals surface area (Å²) in [7, 11) is 3.19. The first-order valence-electron chi connectivity index (χ1n) is 7.50. The number of methoxy groups -OCH3 is 1. The lowest BCUT2D eigenvalue weighted by Gasteiger charge is -2.30. The third-order valence-corrected chi connectivity index (χ3v) is 5.53. The van der Waals surface area contributed by atoms with Crippen LogP contribution in [0.15, 0.2) is 11.4 Å². The first-order valence-corrected chi connectivity index (χ1v) is 8.31. The van der Waals surface area contributed by atoms with Crippen LogP contribution < -0.4 is 5.32 Å². The lowest BCUT2D eigenvalue weighted by Crippen LogP contribution is -2.30. The Morgan fingerprint density at radius 1 is 1.32 bits per heavy atom. The van der Waals surface area contributed by atoms with Gasteiger partial charge < -0.3 is 15.0 Å². The van der Waals surface area contributed by atoms with E-state index in [-0.39, 0.29) is 5.57 Å². The van der Waals surface area contributed by atoms with Crippen molar-refractivity contribution in [3.63, 3.8) is 0 Å². The Balaban J connectivity index is 2.02. The third-order valence-electron chi connectivity index (χ3n) is 4.28. The molecule has 1 aromatic rings. The molecular weight excluding hydrogens is 298 g/mol. The highest BCUT2D eigenvalue weighted by Gasteiger charge is 2.29. The van der Waals surface area contributed by atoms with Crippen molar-refractivity contribution in [3.05, 3.63) is 27.4 Å². The van der Waals surface area contributed by atoms with Crippen LogP contribution in [0, 0.1) is 11.3 Å². The molecule has 2 aliphatic rings. The Labute approximate surface area is 134 Å². The van der Waals surface area contributed by atoms with Crippen molar-refractivity contribution in [2.45, 2.75) is 38.6 Å². The van der Waals surface area contributed by atoms with Crippen molar-refractivity contribution in [1.82, 2.24) is 4.90 Å². The number of nitriles is 1. The molecule has 1 N–H and O–H groups in total. The van der Waals surface area contributed by atoms with Crippen LogP contribution in [0.4, 0.5) is 5.00 Å². The molecule has 0 bridgehead atoms. The molecule has 1 aromatic heterocycles. The SMILES string of the molecule is COC(=O)/C(C#N)=C1/Nc2sc3c(c2CN1C)CCCCC3. The maximum atomic E-state index is 11.8. The molecule has 0 saturated heterocycles. The smallest absolute Gasteiger partial charge is 0.352 e. The lowest BCUT2D eigenvalue weighted by molar-refractivity contribution is -0.135. The average Bonchev–Trinajstić information content (AvgIpc) is 2.70. The maximum absolute atomic E-state index is 11.8. The summed E-state index contributed by atoms with van der Waals surface area (Å²) in [6.45, 7) is 0.728. The van der Waals surface area contributed by atoms with E-state index in [2.05, 4.69) is 5.32 Å². The molecule has 0 fully saturated rings. The Bertz CT molecular complexity index is 684. The van der Waals surface area contributed by atoms with E-state index in [9.17, 15) is 10.1 Å². The second-order valence-electron chi connectivity index (χ2n) is 5.68. The molecule has 0 radical (unpaired) electrons. The van der Waals surface area contributed by atoms with Crippen molar-refractivity contribution in [1.29, 1.82) is 5.26 Å². The van der Waals surface area contributed by atoms with Crippen molar-refractivity contribution >= 4 is 22.3 Å². The molecule has 0 aromatic carbocycles. The van der Waals surface area contributed by atoms with E-state index in [1.165, 1.54) is 42.4 Å². The molecule has 0 amide bonds. The minimum Gasteiger partial charge on any atom is -0.465 e. The number of hydrogen-bond donors (Lipinski definition) is 1. The quantitative estimate of drug-likeness (QED) is 0.373. The number of aryl methyl sites for hydroxylation is 1. The fourth-order valence-electron chi connectivity index (χ4n) is 3.15. The van der Waals surface area contributed by atoms with Crippen LogP contribution >= 0.6 is 11.3 Å². The van der Waals surface area contributed by atoms with E-state index in [1.807, 2.05) is 18.0 Å². The molecule has 1 aliphatic carbocycles. The van der Waals surface area contributed by atoms with Crippen LogP contribution in [0.2, 0.25) is 0 Å². The molecule has 1 aliphatic heterocycles. The van der Waals surface area contributed by atoms with Gasteiger partial charge in [-0.25, -0.2) is 4.79 Å². The van der Waals surface area contributed by atoms with E-state index in [0.29, 0.717) is 5.82 Å². The number of anilines is 1. The summed E-state index contributed by atoms with van der Waals surface area (Å²) in [4.78, 5) is 15.2. The van der Waals surface area contributed by atoms with E-state index in [1.54, 1.807) is 11.3 Å². The number of hydrogen-bond acceptors (Lipinski definition) is 6. The molecule has 2 heterocycles. The fourth-order valence-corrected chi connectivity index (χ4v) is 4.45. The number of carbonyl (C=O) groups excluding carboxylic acids is 1. The van der Waals surface area contributed by atoms with E-state index in [0.717, 1.165) is 24.4 Å². The first-order chi connectivity index (χ1) is 10.7. The van der Waals surface area contributed by atoms with Gasteiger partial charge in [0.05, 0.1) is 12.1 Å². The largest absolute Gasteiger partial charge is 0.465 e. The monoisotopic (exact) mass is 317 g/mol. The predicted molar refractivity (Wildman–Crippen MR) is 85.3 cm³/mol. The van der Waals surface area contributed by atoms with Crippen LogP contribution in [-0.4, -0.2) is 25.0 Å². The molecule has 6 heteroatoms. The van der Waals surface area contributed by atoms with Crippen molar-refractivity contribution in [3.8, 4) is 6.07 Å². The van der Waals surface area contributed by atoms with Gasteiger partial charge in [0, 0.05) is 24.0 Å². The molecular formula is C16H19N3O2S. The minimum atomic E-state index is -0.599. The van der Waals surface area contributed by atoms with Crippen molar-refractivity contribution in [2.24, 2.45) is 0 Å². The van der Waals surface area contributed by atoms with E-state index >= 15 is 0 Å². The molecule has 0 unspecified atom stereocenters. The second-order valence-corrected chi connectivity index (χ2v) is 6.79. The topological polar surface area (TPSA) is 65.4 Å². The zero-order valence-corrected chi connectivity index (χ0v) is 13.7. The summed E-state index contributed by atoms with van der Waals surface area (Å²) in [5.41, 5.74) is 2.84. The van der Waals surface area contributed by atoms with Gasteiger partial charge in [-0.3, -0.25) is 0 Å². The molecule has 0 atom stereocenters. The van der Waals surface area contributed by atoms with Gasteiger partial charge in [0.15, 0.2) is 5.57 Å². The Morgan fingerprint density at radius 2 is 2.09 bits per heavy atom. The molecule has 0 spiro atoms. The first kappa shape index (κ1) is 14.9. The minimum absolute atomic E-state index is 0.0271. The number of ether oxygens (including phenoxy) is 1. The normalized spacial score (nSPS) is 19.2. The van der Waals surface area contributed by atoms with E-state index in [4.69, 9.17) is 4.74 Å². The number of esters is 1. The van der Waals surface area contributed by atoms with Gasteiger partial charge in [0.1, 0.15) is 11.9 Å². The maximum Gasteiger partial charge on any atom is 0.352 e. The predicted octanol–water partition coefficient (Wildman–Crippen LogP) is 2.78. The van der Waals surface area contributed by atoms with Gasteiger partial charge in [-0.2, -0.15) is 5.26 Å². The Hall–Kier alpha value is -2.00. The highest BCUT2D eigenvalue weighted by Crippen LogP contribution is 2.41. The second kappa shape index (κ2) is 6.01. The lowest BCUT2D eigenvalue weighted by atomic mass is 10.0. The van der Waals surface area contributed by atoms with Gasteiger partial charge in [0.2, 0.25) is 0 Å². The van der Waals surface area contributed by atoms with Gasteiger partial charge in [-0.15, -0.1) is 11.3 Å². The van der Waals surface area contributed by atoms with Gasteiger partial charge >= 0.3 is 5.97 Å². The van der Waals surface area contributed by atoms with Crippen LogP contribution in [0.1, 0.15) is 35.3 Å². The number of fused-ring (bicyclic) bond motifs is 3. The van der Waals surface area contributed by atoms with E-state index < -0.39 is 5.97 Å². The summed E-state index contributed by atoms with van der Waals surface area (Å²) in [5, 5.41) is 13.6. The number of carbonyl (C=O) groups is 1. The summed E-state index contributed by atoms with van der Waals surface area (Å²) in [6.07, 6.45) is 6.06. The van der Waals surface area contributed by atoms with Gasteiger partial charge in [-0.05, 0) is 31.2 Å².